The molecule has 24 heavy (non-hydrogen) atoms. The second-order valence-electron chi connectivity index (χ2n) is 4.97. The Morgan fingerprint density at radius 1 is 1.12 bits per heavy atom. The lowest BCUT2D eigenvalue weighted by Gasteiger charge is -2.22. The van der Waals surface area contributed by atoms with Crippen LogP contribution >= 0.6 is 0 Å². The molecule has 1 amide bonds. The molecule has 0 aromatic heterocycles. The van der Waals surface area contributed by atoms with E-state index < -0.39 is 0 Å². The number of carbonyl (C=O) groups is 1. The Morgan fingerprint density at radius 2 is 1.83 bits per heavy atom. The van der Waals surface area contributed by atoms with Crippen LogP contribution in [-0.2, 0) is 9.53 Å². The maximum atomic E-state index is 10.7. The molecule has 0 fully saturated rings. The minimum Gasteiger partial charge on any atom is -0.497 e. The molecule has 0 aliphatic heterocycles. The first-order valence-electron chi connectivity index (χ1n) is 7.43. The van der Waals surface area contributed by atoms with Crippen LogP contribution in [0.1, 0.15) is 17.2 Å². The van der Waals surface area contributed by atoms with Gasteiger partial charge in [-0.05, 0) is 35.4 Å². The highest BCUT2D eigenvalue weighted by atomic mass is 16.5. The Labute approximate surface area is 141 Å². The maximum Gasteiger partial charge on any atom is 0.284 e. The Hall–Kier alpha value is -3.02. The molecule has 0 saturated heterocycles. The number of hydrogen-bond acceptors (Lipinski definition) is 4. The zero-order valence-corrected chi connectivity index (χ0v) is 13.9. The fourth-order valence-corrected chi connectivity index (χ4v) is 2.39. The summed E-state index contributed by atoms with van der Waals surface area (Å²) in [7, 11) is 4.84. The van der Waals surface area contributed by atoms with Gasteiger partial charge in [0.2, 0.25) is 6.41 Å². The fraction of sp³-hybridized carbons (Fsp3) is 0.222. The van der Waals surface area contributed by atoms with Gasteiger partial charge in [0.25, 0.3) is 6.02 Å². The van der Waals surface area contributed by atoms with Crippen LogP contribution in [0.4, 0.5) is 5.69 Å². The van der Waals surface area contributed by atoms with Gasteiger partial charge in [-0.25, -0.2) is 4.99 Å². The smallest absolute Gasteiger partial charge is 0.284 e. The number of nitrogens with zero attached hydrogens (tertiary/aromatic N) is 1. The van der Waals surface area contributed by atoms with Crippen molar-refractivity contribution in [2.75, 3.05) is 26.6 Å². The number of ether oxygens (including phenoxy) is 2. The molecule has 2 N–H and O–H groups in total. The second kappa shape index (κ2) is 8.57. The zero-order valence-electron chi connectivity index (χ0n) is 13.9. The molecule has 0 heterocycles. The van der Waals surface area contributed by atoms with Crippen molar-refractivity contribution in [3.8, 4) is 5.75 Å². The molecule has 0 aliphatic rings. The summed E-state index contributed by atoms with van der Waals surface area (Å²) in [4.78, 5) is 14.8. The minimum atomic E-state index is -0.216. The van der Waals surface area contributed by atoms with Crippen LogP contribution in [0.3, 0.4) is 0 Å². The lowest BCUT2D eigenvalue weighted by molar-refractivity contribution is -0.105. The van der Waals surface area contributed by atoms with Crippen LogP contribution in [0.2, 0.25) is 0 Å². The molecule has 2 aromatic carbocycles. The van der Waals surface area contributed by atoms with Crippen molar-refractivity contribution in [3.63, 3.8) is 0 Å². The highest BCUT2D eigenvalue weighted by Crippen LogP contribution is 2.27. The average molecular weight is 327 g/mol. The van der Waals surface area contributed by atoms with E-state index in [1.807, 2.05) is 48.5 Å². The summed E-state index contributed by atoms with van der Waals surface area (Å²) in [5.74, 6) is 0.758. The molecule has 0 spiro atoms. The van der Waals surface area contributed by atoms with Crippen molar-refractivity contribution in [1.29, 1.82) is 0 Å². The van der Waals surface area contributed by atoms with Crippen molar-refractivity contribution in [2.45, 2.75) is 6.04 Å². The van der Waals surface area contributed by atoms with E-state index in [9.17, 15) is 4.79 Å². The standard InChI is InChI=1S/C18H21N3O3/c1-19-18(24-3)21-17(14-7-5-9-16(11-14)23-2)13-6-4-8-15(10-13)20-12-22/h4-12,17H,1-3H3,(H,19,21)(H,20,22). The molecule has 1 atom stereocenters. The highest BCUT2D eigenvalue weighted by Gasteiger charge is 2.17. The highest BCUT2D eigenvalue weighted by molar-refractivity contribution is 5.75. The van der Waals surface area contributed by atoms with Crippen LogP contribution in [0.25, 0.3) is 0 Å². The molecule has 0 aliphatic carbocycles. The van der Waals surface area contributed by atoms with Crippen LogP contribution in [0.15, 0.2) is 53.5 Å². The number of rotatable bonds is 6. The summed E-state index contributed by atoms with van der Waals surface area (Å²) in [5.41, 5.74) is 2.65. The number of hydrogen-bond donors (Lipinski definition) is 2. The molecule has 0 radical (unpaired) electrons. The Morgan fingerprint density at radius 3 is 2.46 bits per heavy atom. The fourth-order valence-electron chi connectivity index (χ4n) is 2.39. The Kier molecular flexibility index (Phi) is 6.19. The van der Waals surface area contributed by atoms with Crippen LogP contribution in [0.5, 0.6) is 5.75 Å². The quantitative estimate of drug-likeness (QED) is 0.486. The normalized spacial score (nSPS) is 12.2. The third-order valence-corrected chi connectivity index (χ3v) is 3.54. The molecule has 2 rings (SSSR count). The summed E-state index contributed by atoms with van der Waals surface area (Å²) >= 11 is 0. The van der Waals surface area contributed by atoms with E-state index in [1.165, 1.54) is 0 Å². The molecule has 2 aromatic rings. The van der Waals surface area contributed by atoms with Crippen LogP contribution in [-0.4, -0.2) is 33.7 Å². The van der Waals surface area contributed by atoms with E-state index >= 15 is 0 Å². The number of nitrogens with one attached hydrogen (secondary N) is 2. The summed E-state index contributed by atoms with van der Waals surface area (Å²) in [5, 5.41) is 5.93. The monoisotopic (exact) mass is 327 g/mol. The first-order chi connectivity index (χ1) is 11.7. The van der Waals surface area contributed by atoms with Gasteiger partial charge in [-0.1, -0.05) is 24.3 Å². The van der Waals surface area contributed by atoms with E-state index in [-0.39, 0.29) is 6.04 Å². The first-order valence-corrected chi connectivity index (χ1v) is 7.43. The molecular formula is C18H21N3O3. The third kappa shape index (κ3) is 4.25. The number of amides is 1. The van der Waals surface area contributed by atoms with Gasteiger partial charge in [0.15, 0.2) is 0 Å². The molecule has 126 valence electrons. The van der Waals surface area contributed by atoms with Gasteiger partial charge in [0, 0.05) is 12.7 Å². The summed E-state index contributed by atoms with van der Waals surface area (Å²) < 4.78 is 10.6. The third-order valence-electron chi connectivity index (χ3n) is 3.54. The molecular weight excluding hydrogens is 306 g/mol. The van der Waals surface area contributed by atoms with Gasteiger partial charge < -0.3 is 20.1 Å². The topological polar surface area (TPSA) is 72.0 Å². The van der Waals surface area contributed by atoms with E-state index in [0.717, 1.165) is 16.9 Å². The number of benzene rings is 2. The van der Waals surface area contributed by atoms with Crippen LogP contribution in [0, 0.1) is 0 Å². The van der Waals surface area contributed by atoms with Gasteiger partial charge in [-0.2, -0.15) is 0 Å². The van der Waals surface area contributed by atoms with Crippen molar-refractivity contribution in [3.05, 3.63) is 59.7 Å². The molecule has 6 heteroatoms. The Balaban J connectivity index is 2.45. The predicted molar refractivity (Wildman–Crippen MR) is 94.5 cm³/mol. The number of aliphatic imine (C=N–C) groups is 1. The van der Waals surface area contributed by atoms with Crippen LogP contribution < -0.4 is 15.4 Å². The van der Waals surface area contributed by atoms with Crippen molar-refractivity contribution in [1.82, 2.24) is 5.32 Å². The lowest BCUT2D eigenvalue weighted by atomic mass is 9.98. The lowest BCUT2D eigenvalue weighted by Crippen LogP contribution is -2.30. The SMILES string of the molecule is CN=C(NC(c1cccc(NC=O)c1)c1cccc(OC)c1)OC. The summed E-state index contributed by atoms with van der Waals surface area (Å²) in [6.45, 7) is 0. The van der Waals surface area contributed by atoms with Crippen molar-refractivity contribution < 1.29 is 14.3 Å². The van der Waals surface area contributed by atoms with Crippen molar-refractivity contribution in [2.24, 2.45) is 4.99 Å². The average Bonchev–Trinajstić information content (AvgIpc) is 2.63. The van der Waals surface area contributed by atoms with E-state index in [1.54, 1.807) is 21.3 Å². The molecule has 0 bridgehead atoms. The van der Waals surface area contributed by atoms with Gasteiger partial charge in [0.05, 0.1) is 20.3 Å². The number of anilines is 1. The largest absolute Gasteiger partial charge is 0.497 e. The summed E-state index contributed by atoms with van der Waals surface area (Å²) in [6.07, 6.45) is 0.654. The Bertz CT molecular complexity index is 716. The van der Waals surface area contributed by atoms with E-state index in [2.05, 4.69) is 15.6 Å². The number of methoxy groups -OCH3 is 2. The molecule has 1 unspecified atom stereocenters. The molecule has 6 nitrogen and oxygen atoms in total. The van der Waals surface area contributed by atoms with E-state index in [4.69, 9.17) is 9.47 Å². The zero-order chi connectivity index (χ0) is 17.4. The van der Waals surface area contributed by atoms with E-state index in [0.29, 0.717) is 18.1 Å². The van der Waals surface area contributed by atoms with Gasteiger partial charge in [0.1, 0.15) is 5.75 Å². The second-order valence-corrected chi connectivity index (χ2v) is 4.97. The molecule has 0 saturated carbocycles. The predicted octanol–water partition coefficient (Wildman–Crippen LogP) is 2.57. The van der Waals surface area contributed by atoms with Crippen molar-refractivity contribution >= 4 is 18.1 Å². The summed E-state index contributed by atoms with van der Waals surface area (Å²) in [6, 6.07) is 15.5. The van der Waals surface area contributed by atoms with Gasteiger partial charge in [-0.3, -0.25) is 4.79 Å². The van der Waals surface area contributed by atoms with Gasteiger partial charge in [-0.15, -0.1) is 0 Å². The minimum absolute atomic E-state index is 0.216. The number of amidine groups is 1. The maximum absolute atomic E-state index is 10.7. The number of carbonyl (C=O) groups excluding carboxylic acids is 1. The first kappa shape index (κ1) is 17.3. The van der Waals surface area contributed by atoms with Gasteiger partial charge >= 0.3 is 0 Å².